The van der Waals surface area contributed by atoms with Crippen LogP contribution in [0.1, 0.15) is 25.3 Å². The van der Waals surface area contributed by atoms with Crippen molar-refractivity contribution in [2.24, 2.45) is 4.99 Å². The fraction of sp³-hybridized carbons (Fsp3) is 0.0789. The molecule has 1 aliphatic carbocycles. The summed E-state index contributed by atoms with van der Waals surface area (Å²) in [6.07, 6.45) is 6.68. The number of aromatic nitrogens is 1. The van der Waals surface area contributed by atoms with Crippen molar-refractivity contribution in [2.45, 2.75) is 19.8 Å². The molecule has 5 aromatic carbocycles. The van der Waals surface area contributed by atoms with Crippen LogP contribution >= 0.6 is 0 Å². The maximum Gasteiger partial charge on any atom is 0.159 e. The summed E-state index contributed by atoms with van der Waals surface area (Å²) in [6, 6.07) is 36.1. The summed E-state index contributed by atoms with van der Waals surface area (Å²) in [4.78, 5) is 5.32. The molecule has 0 amide bonds. The lowest BCUT2D eigenvalue weighted by Crippen LogP contribution is -2.10. The number of benzene rings is 5. The van der Waals surface area contributed by atoms with Crippen LogP contribution < -0.4 is 4.74 Å². The van der Waals surface area contributed by atoms with Crippen molar-refractivity contribution in [3.8, 4) is 22.6 Å². The number of rotatable bonds is 4. The van der Waals surface area contributed by atoms with E-state index >= 15 is 0 Å². The number of ether oxygens (including phenoxy) is 1. The van der Waals surface area contributed by atoms with Gasteiger partial charge < -0.3 is 4.74 Å². The lowest BCUT2D eigenvalue weighted by molar-refractivity contribution is 0.491. The Morgan fingerprint density at radius 2 is 1.54 bits per heavy atom. The van der Waals surface area contributed by atoms with Gasteiger partial charge in [-0.2, -0.15) is 0 Å². The number of allylic oxidation sites excluding steroid dienone is 4. The monoisotopic (exact) mass is 528 g/mol. The minimum absolute atomic E-state index is 0.656. The van der Waals surface area contributed by atoms with Crippen LogP contribution in [0.4, 0.5) is 0 Å². The standard InChI is InChI=1S/C38H28N2O/c1-24-12-6-7-17-28(24)36(27-13-4-3-5-14-27)39-25(2)40-33-20-9-8-18-29(33)31-22-23-32-30-19-10-15-26-16-11-21-34(35(26)30)41-38(32)37(31)40/h3-5,8-23H,2,6-7H2,1H3/b39-36-. The molecule has 1 aromatic heterocycles. The molecule has 0 atom stereocenters. The summed E-state index contributed by atoms with van der Waals surface area (Å²) in [7, 11) is 0. The predicted octanol–water partition coefficient (Wildman–Crippen LogP) is 10.3. The van der Waals surface area contributed by atoms with E-state index in [-0.39, 0.29) is 0 Å². The molecular formula is C38H28N2O. The molecule has 0 spiro atoms. The number of hydrogen-bond donors (Lipinski definition) is 0. The second kappa shape index (κ2) is 9.21. The molecule has 2 aliphatic rings. The van der Waals surface area contributed by atoms with Crippen LogP contribution in [0.15, 0.2) is 138 Å². The highest BCUT2D eigenvalue weighted by atomic mass is 16.5. The van der Waals surface area contributed by atoms with Gasteiger partial charge in [0.15, 0.2) is 5.75 Å². The molecule has 0 saturated heterocycles. The quantitative estimate of drug-likeness (QED) is 0.209. The van der Waals surface area contributed by atoms with Gasteiger partial charge in [0, 0.05) is 27.3 Å². The van der Waals surface area contributed by atoms with Crippen LogP contribution in [0.2, 0.25) is 0 Å². The average Bonchev–Trinajstić information content (AvgIpc) is 3.36. The molecule has 0 radical (unpaired) electrons. The highest BCUT2D eigenvalue weighted by molar-refractivity contribution is 6.19. The number of aliphatic imine (C=N–C) groups is 1. The Morgan fingerprint density at radius 3 is 2.39 bits per heavy atom. The summed E-state index contributed by atoms with van der Waals surface area (Å²) in [6.45, 7) is 6.76. The minimum Gasteiger partial charge on any atom is -0.454 e. The van der Waals surface area contributed by atoms with Gasteiger partial charge in [-0.15, -0.1) is 0 Å². The van der Waals surface area contributed by atoms with Gasteiger partial charge in [0.1, 0.15) is 11.6 Å². The normalized spacial score (nSPS) is 14.5. The Bertz CT molecular complexity index is 2140. The van der Waals surface area contributed by atoms with Crippen LogP contribution in [-0.4, -0.2) is 10.3 Å². The first-order chi connectivity index (χ1) is 20.2. The third kappa shape index (κ3) is 3.63. The molecular weight excluding hydrogens is 500 g/mol. The number of nitrogens with zero attached hydrogens (tertiary/aromatic N) is 2. The Hall–Kier alpha value is -5.15. The first-order valence-corrected chi connectivity index (χ1v) is 14.2. The van der Waals surface area contributed by atoms with Crippen molar-refractivity contribution in [3.05, 3.63) is 139 Å². The Balaban J connectivity index is 1.41. The van der Waals surface area contributed by atoms with Gasteiger partial charge in [0.25, 0.3) is 0 Å². The first kappa shape index (κ1) is 23.7. The zero-order chi connectivity index (χ0) is 27.5. The van der Waals surface area contributed by atoms with Crippen molar-refractivity contribution in [2.75, 3.05) is 0 Å². The lowest BCUT2D eigenvalue weighted by atomic mass is 9.91. The Labute approximate surface area is 239 Å². The highest BCUT2D eigenvalue weighted by Crippen LogP contribution is 2.51. The van der Waals surface area contributed by atoms with Crippen LogP contribution in [0, 0.1) is 0 Å². The molecule has 8 rings (SSSR count). The van der Waals surface area contributed by atoms with Crippen molar-refractivity contribution in [1.29, 1.82) is 0 Å². The van der Waals surface area contributed by atoms with E-state index in [4.69, 9.17) is 9.73 Å². The molecule has 0 unspecified atom stereocenters. The van der Waals surface area contributed by atoms with Crippen molar-refractivity contribution < 1.29 is 4.74 Å². The van der Waals surface area contributed by atoms with E-state index in [1.807, 2.05) is 6.07 Å². The van der Waals surface area contributed by atoms with Crippen LogP contribution in [-0.2, 0) is 0 Å². The van der Waals surface area contributed by atoms with E-state index in [1.54, 1.807) is 0 Å². The topological polar surface area (TPSA) is 26.5 Å². The van der Waals surface area contributed by atoms with E-state index in [2.05, 4.69) is 127 Å². The lowest BCUT2D eigenvalue weighted by Gasteiger charge is -2.23. The molecule has 0 N–H and O–H groups in total. The first-order valence-electron chi connectivity index (χ1n) is 14.2. The van der Waals surface area contributed by atoms with E-state index in [0.717, 1.165) is 68.4 Å². The number of hydrogen-bond acceptors (Lipinski definition) is 2. The maximum absolute atomic E-state index is 6.78. The van der Waals surface area contributed by atoms with Gasteiger partial charge in [0.05, 0.1) is 16.7 Å². The largest absolute Gasteiger partial charge is 0.454 e. The molecule has 0 saturated carbocycles. The second-order valence-corrected chi connectivity index (χ2v) is 10.8. The molecule has 41 heavy (non-hydrogen) atoms. The summed E-state index contributed by atoms with van der Waals surface area (Å²) in [5.41, 5.74) is 8.75. The third-order valence-electron chi connectivity index (χ3n) is 8.35. The van der Waals surface area contributed by atoms with Gasteiger partial charge in [-0.05, 0) is 60.1 Å². The zero-order valence-electron chi connectivity index (χ0n) is 22.9. The van der Waals surface area contributed by atoms with Crippen molar-refractivity contribution in [1.82, 2.24) is 4.57 Å². The molecule has 1 aliphatic heterocycles. The van der Waals surface area contributed by atoms with E-state index in [0.29, 0.717) is 5.82 Å². The third-order valence-corrected chi connectivity index (χ3v) is 8.35. The minimum atomic E-state index is 0.656. The van der Waals surface area contributed by atoms with Crippen LogP contribution in [0.25, 0.3) is 49.5 Å². The fourth-order valence-corrected chi connectivity index (χ4v) is 6.47. The molecule has 3 nitrogen and oxygen atoms in total. The molecule has 6 aromatic rings. The van der Waals surface area contributed by atoms with Crippen LogP contribution in [0.3, 0.4) is 0 Å². The fourth-order valence-electron chi connectivity index (χ4n) is 6.47. The summed E-state index contributed by atoms with van der Waals surface area (Å²) < 4.78 is 8.96. The highest BCUT2D eigenvalue weighted by Gasteiger charge is 2.26. The number of fused-ring (bicyclic) bond motifs is 6. The molecule has 2 heterocycles. The van der Waals surface area contributed by atoms with E-state index in [1.165, 1.54) is 22.1 Å². The van der Waals surface area contributed by atoms with Crippen molar-refractivity contribution >= 4 is 44.1 Å². The van der Waals surface area contributed by atoms with E-state index < -0.39 is 0 Å². The summed E-state index contributed by atoms with van der Waals surface area (Å²) in [5.74, 6) is 2.38. The van der Waals surface area contributed by atoms with Gasteiger partial charge >= 0.3 is 0 Å². The average molecular weight is 529 g/mol. The van der Waals surface area contributed by atoms with Crippen LogP contribution in [0.5, 0.6) is 11.5 Å². The van der Waals surface area contributed by atoms with Gasteiger partial charge in [-0.1, -0.05) is 104 Å². The Morgan fingerprint density at radius 1 is 0.756 bits per heavy atom. The van der Waals surface area contributed by atoms with Gasteiger partial charge in [0.2, 0.25) is 0 Å². The van der Waals surface area contributed by atoms with Gasteiger partial charge in [-0.3, -0.25) is 4.57 Å². The molecule has 3 heteroatoms. The predicted molar refractivity (Wildman–Crippen MR) is 172 cm³/mol. The zero-order valence-corrected chi connectivity index (χ0v) is 22.9. The smallest absolute Gasteiger partial charge is 0.159 e. The van der Waals surface area contributed by atoms with Crippen molar-refractivity contribution in [3.63, 3.8) is 0 Å². The summed E-state index contributed by atoms with van der Waals surface area (Å²) in [5, 5.41) is 4.60. The Kier molecular flexibility index (Phi) is 5.33. The molecule has 0 bridgehead atoms. The van der Waals surface area contributed by atoms with E-state index in [9.17, 15) is 0 Å². The van der Waals surface area contributed by atoms with Gasteiger partial charge in [-0.25, -0.2) is 4.99 Å². The maximum atomic E-state index is 6.78. The second-order valence-electron chi connectivity index (χ2n) is 10.8. The molecule has 0 fully saturated rings. The molecule has 196 valence electrons. The SMILES string of the molecule is C=C(/N=C(\C1=CCCC=C1C)c1ccccc1)n1c2ccccc2c2ccc3c(c21)Oc1cccc2cccc-3c12. The number of para-hydroxylation sites is 1. The summed E-state index contributed by atoms with van der Waals surface area (Å²) >= 11 is 0.